The number of aryl methyl sites for hydroxylation is 2. The van der Waals surface area contributed by atoms with Crippen molar-refractivity contribution in [2.75, 3.05) is 7.11 Å². The van der Waals surface area contributed by atoms with Crippen molar-refractivity contribution in [2.24, 2.45) is 11.7 Å². The van der Waals surface area contributed by atoms with Gasteiger partial charge in [0.15, 0.2) is 11.5 Å². The van der Waals surface area contributed by atoms with Crippen LogP contribution in [-0.2, 0) is 6.54 Å². The summed E-state index contributed by atoms with van der Waals surface area (Å²) >= 11 is 0. The first-order valence-electron chi connectivity index (χ1n) is 11.5. The predicted octanol–water partition coefficient (Wildman–Crippen LogP) is 3.24. The Bertz CT molecular complexity index is 1130. The van der Waals surface area contributed by atoms with Crippen LogP contribution in [-0.4, -0.2) is 29.8 Å². The zero-order valence-electron chi connectivity index (χ0n) is 20.0. The van der Waals surface area contributed by atoms with Gasteiger partial charge in [0.05, 0.1) is 7.11 Å². The van der Waals surface area contributed by atoms with E-state index in [2.05, 4.69) is 10.3 Å². The molecule has 2 heterocycles. The zero-order valence-corrected chi connectivity index (χ0v) is 20.0. The smallest absolute Gasteiger partial charge is 0.253 e. The topological polar surface area (TPSA) is 116 Å². The Morgan fingerprint density at radius 3 is 2.48 bits per heavy atom. The number of hydrogen-bond acceptors (Lipinski definition) is 6. The number of carbonyl (C=O) groups is 1. The second-order valence-corrected chi connectivity index (χ2v) is 9.37. The molecule has 2 aromatic rings. The van der Waals surface area contributed by atoms with Gasteiger partial charge in [-0.25, -0.2) is 0 Å². The molecule has 1 saturated carbocycles. The third-order valence-corrected chi connectivity index (χ3v) is 6.96. The summed E-state index contributed by atoms with van der Waals surface area (Å²) in [6.07, 6.45) is 3.71. The van der Waals surface area contributed by atoms with Crippen LogP contribution < -0.4 is 30.8 Å². The molecule has 0 radical (unpaired) electrons. The molecule has 8 nitrogen and oxygen atoms in total. The van der Waals surface area contributed by atoms with Gasteiger partial charge in [-0.3, -0.25) is 9.59 Å². The second-order valence-electron chi connectivity index (χ2n) is 9.37. The van der Waals surface area contributed by atoms with Crippen molar-refractivity contribution < 1.29 is 19.0 Å². The van der Waals surface area contributed by atoms with E-state index >= 15 is 0 Å². The normalized spacial score (nSPS) is 23.9. The molecule has 2 aliphatic rings. The quantitative estimate of drug-likeness (QED) is 0.637. The Labute approximate surface area is 193 Å². The molecule has 4 N–H and O–H groups in total. The van der Waals surface area contributed by atoms with Gasteiger partial charge in [-0.2, -0.15) is 0 Å². The molecular formula is C25H33N3O5. The number of H-pyrrole nitrogens is 1. The van der Waals surface area contributed by atoms with Crippen molar-refractivity contribution in [1.82, 2.24) is 10.3 Å². The number of aromatic nitrogens is 1. The standard InChI is InChI=1S/C25H33N3O5/c1-13-10-14(2)28-24(30)19(13)12-27-23(29)18-11-20(31-5)22-21(15(18)3)32-25(4,33-22)16-6-8-17(26)9-7-16/h10-11,16-17H,6-9,12,26H2,1-5H3,(H,27,29)(H,28,30). The Balaban J connectivity index is 1.58. The molecule has 1 fully saturated rings. The number of hydrogen-bond donors (Lipinski definition) is 3. The van der Waals surface area contributed by atoms with Crippen molar-refractivity contribution >= 4 is 5.91 Å². The summed E-state index contributed by atoms with van der Waals surface area (Å²) in [6.45, 7) is 7.59. The molecule has 1 unspecified atom stereocenters. The molecule has 1 aliphatic heterocycles. The number of rotatable bonds is 5. The number of pyridine rings is 1. The van der Waals surface area contributed by atoms with Gasteiger partial charge >= 0.3 is 0 Å². The van der Waals surface area contributed by atoms with E-state index in [1.807, 2.05) is 33.8 Å². The minimum atomic E-state index is -0.831. The number of nitrogens with one attached hydrogen (secondary N) is 2. The van der Waals surface area contributed by atoms with Gasteiger partial charge in [-0.05, 0) is 64.2 Å². The maximum atomic E-state index is 13.1. The van der Waals surface area contributed by atoms with Crippen LogP contribution in [0.5, 0.6) is 17.2 Å². The van der Waals surface area contributed by atoms with Gasteiger partial charge < -0.3 is 30.2 Å². The van der Waals surface area contributed by atoms with E-state index < -0.39 is 5.79 Å². The van der Waals surface area contributed by atoms with Crippen molar-refractivity contribution in [2.45, 2.75) is 71.8 Å². The molecule has 0 saturated heterocycles. The Kier molecular flexibility index (Phi) is 6.14. The van der Waals surface area contributed by atoms with Gasteiger partial charge in [0.25, 0.3) is 17.3 Å². The summed E-state index contributed by atoms with van der Waals surface area (Å²) in [7, 11) is 1.54. The molecule has 1 atom stereocenters. The number of aromatic amines is 1. The average Bonchev–Trinajstić information content (AvgIpc) is 3.13. The molecule has 1 aliphatic carbocycles. The highest BCUT2D eigenvalue weighted by Gasteiger charge is 2.47. The summed E-state index contributed by atoms with van der Waals surface area (Å²) in [5.74, 6) is 0.551. The third-order valence-electron chi connectivity index (χ3n) is 6.96. The first kappa shape index (κ1) is 23.2. The molecule has 178 valence electrons. The SMILES string of the molecule is COc1cc(C(=O)NCc2c(C)cc(C)[nH]c2=O)c(C)c2c1OC(C)(C1CCC(N)CC1)O2. The predicted molar refractivity (Wildman–Crippen MR) is 125 cm³/mol. The minimum Gasteiger partial charge on any atom is -0.493 e. The number of benzene rings is 1. The lowest BCUT2D eigenvalue weighted by molar-refractivity contribution is -0.121. The van der Waals surface area contributed by atoms with E-state index in [0.29, 0.717) is 33.9 Å². The fraction of sp³-hybridized carbons (Fsp3) is 0.520. The first-order valence-corrected chi connectivity index (χ1v) is 11.5. The summed E-state index contributed by atoms with van der Waals surface area (Å²) in [5.41, 5.74) is 9.12. The monoisotopic (exact) mass is 455 g/mol. The Hall–Kier alpha value is -3.00. The van der Waals surface area contributed by atoms with Gasteiger partial charge in [0, 0.05) is 47.8 Å². The van der Waals surface area contributed by atoms with E-state index in [-0.39, 0.29) is 30.0 Å². The van der Waals surface area contributed by atoms with E-state index in [1.165, 1.54) is 0 Å². The zero-order chi connectivity index (χ0) is 23.9. The molecule has 1 amide bonds. The average molecular weight is 456 g/mol. The highest BCUT2D eigenvalue weighted by molar-refractivity contribution is 5.97. The lowest BCUT2D eigenvalue weighted by Gasteiger charge is -2.36. The van der Waals surface area contributed by atoms with E-state index in [9.17, 15) is 9.59 Å². The molecule has 0 bridgehead atoms. The molecule has 8 heteroatoms. The van der Waals surface area contributed by atoms with Crippen LogP contribution in [0.2, 0.25) is 0 Å². The summed E-state index contributed by atoms with van der Waals surface area (Å²) in [4.78, 5) is 28.2. The number of fused-ring (bicyclic) bond motifs is 1. The fourth-order valence-corrected chi connectivity index (χ4v) is 4.92. The number of methoxy groups -OCH3 is 1. The lowest BCUT2D eigenvalue weighted by atomic mass is 9.81. The Morgan fingerprint density at radius 1 is 1.18 bits per heavy atom. The van der Waals surface area contributed by atoms with Crippen molar-refractivity contribution in [1.29, 1.82) is 0 Å². The maximum Gasteiger partial charge on any atom is 0.253 e. The highest BCUT2D eigenvalue weighted by Crippen LogP contribution is 2.52. The number of ether oxygens (including phenoxy) is 3. The maximum absolute atomic E-state index is 13.1. The van der Waals surface area contributed by atoms with E-state index in [1.54, 1.807) is 13.2 Å². The number of nitrogens with two attached hydrogens (primary N) is 1. The van der Waals surface area contributed by atoms with Crippen LogP contribution >= 0.6 is 0 Å². The largest absolute Gasteiger partial charge is 0.493 e. The molecular weight excluding hydrogens is 422 g/mol. The summed E-state index contributed by atoms with van der Waals surface area (Å²) in [5, 5.41) is 2.86. The molecule has 0 spiro atoms. The van der Waals surface area contributed by atoms with Crippen LogP contribution in [0.3, 0.4) is 0 Å². The summed E-state index contributed by atoms with van der Waals surface area (Å²) in [6, 6.07) is 3.78. The van der Waals surface area contributed by atoms with Crippen molar-refractivity contribution in [3.05, 3.63) is 50.4 Å². The lowest BCUT2D eigenvalue weighted by Crippen LogP contribution is -2.46. The van der Waals surface area contributed by atoms with Gasteiger partial charge in [0.1, 0.15) is 0 Å². The highest BCUT2D eigenvalue weighted by atomic mass is 16.7. The van der Waals surface area contributed by atoms with Crippen molar-refractivity contribution in [3.63, 3.8) is 0 Å². The minimum absolute atomic E-state index is 0.122. The van der Waals surface area contributed by atoms with Crippen LogP contribution in [0.4, 0.5) is 0 Å². The van der Waals surface area contributed by atoms with Crippen molar-refractivity contribution in [3.8, 4) is 17.2 Å². The molecule has 4 rings (SSSR count). The number of carbonyl (C=O) groups excluding carboxylic acids is 1. The van der Waals surface area contributed by atoms with E-state index in [0.717, 1.165) is 36.9 Å². The van der Waals surface area contributed by atoms with Crippen LogP contribution in [0.15, 0.2) is 16.9 Å². The van der Waals surface area contributed by atoms with Crippen LogP contribution in [0.25, 0.3) is 0 Å². The number of amides is 1. The Morgan fingerprint density at radius 2 is 1.85 bits per heavy atom. The fourth-order valence-electron chi connectivity index (χ4n) is 4.92. The molecule has 1 aromatic heterocycles. The van der Waals surface area contributed by atoms with Gasteiger partial charge in [0.2, 0.25) is 5.75 Å². The molecule has 33 heavy (non-hydrogen) atoms. The summed E-state index contributed by atoms with van der Waals surface area (Å²) < 4.78 is 18.2. The second kappa shape index (κ2) is 8.74. The van der Waals surface area contributed by atoms with Gasteiger partial charge in [-0.15, -0.1) is 0 Å². The van der Waals surface area contributed by atoms with E-state index in [4.69, 9.17) is 19.9 Å². The van der Waals surface area contributed by atoms with Gasteiger partial charge in [-0.1, -0.05) is 0 Å². The third kappa shape index (κ3) is 4.31. The molecule has 1 aromatic carbocycles. The first-order chi connectivity index (χ1) is 15.6. The van der Waals surface area contributed by atoms with Crippen LogP contribution in [0, 0.1) is 26.7 Å². The van der Waals surface area contributed by atoms with Crippen LogP contribution in [0.1, 0.15) is 65.3 Å².